The molecule has 0 fully saturated rings. The van der Waals surface area contributed by atoms with Crippen LogP contribution < -0.4 is 5.32 Å². The van der Waals surface area contributed by atoms with Crippen LogP contribution in [0.2, 0.25) is 0 Å². The van der Waals surface area contributed by atoms with E-state index in [0.717, 1.165) is 25.8 Å². The molecule has 1 aliphatic carbocycles. The Morgan fingerprint density at radius 2 is 1.32 bits per heavy atom. The van der Waals surface area contributed by atoms with Crippen LogP contribution in [0, 0.1) is 19.7 Å². The molecule has 1 amide bonds. The summed E-state index contributed by atoms with van der Waals surface area (Å²) in [5, 5.41) is 3.30. The van der Waals surface area contributed by atoms with Crippen LogP contribution in [0.25, 0.3) is 0 Å². The van der Waals surface area contributed by atoms with Crippen LogP contribution in [0.4, 0.5) is 4.39 Å². The minimum atomic E-state index is -0.132. The summed E-state index contributed by atoms with van der Waals surface area (Å²) in [6.45, 7) is 5.24. The van der Waals surface area contributed by atoms with Crippen LogP contribution in [0.5, 0.6) is 0 Å². The van der Waals surface area contributed by atoms with Crippen molar-refractivity contribution in [3.8, 4) is 0 Å². The Morgan fingerprint density at radius 3 is 1.92 bits per heavy atom. The zero-order valence-electron chi connectivity index (χ0n) is 22.2. The summed E-state index contributed by atoms with van der Waals surface area (Å²) in [5.74, 6) is -0.00160. The number of carbonyl (C=O) groups excluding carboxylic acids is 1. The predicted molar refractivity (Wildman–Crippen MR) is 152 cm³/mol. The lowest BCUT2D eigenvalue weighted by atomic mass is 9.86. The number of nitrogens with one attached hydrogen (secondary N) is 1. The van der Waals surface area contributed by atoms with E-state index in [1.54, 1.807) is 19.1 Å². The fourth-order valence-corrected chi connectivity index (χ4v) is 5.72. The van der Waals surface area contributed by atoms with Gasteiger partial charge in [0.05, 0.1) is 12.6 Å². The molecule has 0 bridgehead atoms. The first-order valence-corrected chi connectivity index (χ1v) is 13.4. The summed E-state index contributed by atoms with van der Waals surface area (Å²) >= 11 is 0. The number of benzene rings is 4. The summed E-state index contributed by atoms with van der Waals surface area (Å²) in [4.78, 5) is 15.4. The minimum Gasteiger partial charge on any atom is -0.352 e. The molecule has 1 aliphatic heterocycles. The zero-order chi connectivity index (χ0) is 26.5. The van der Waals surface area contributed by atoms with Gasteiger partial charge in [-0.25, -0.2) is 4.39 Å². The molecule has 0 unspecified atom stereocenters. The SMILES string of the molecule is Cc1ccccc1F.Cc1ccccc1[C@@H]1c2ccccc2CCN1CC(=O)NC1Cc2ccccc2C1. The molecule has 4 aromatic carbocycles. The smallest absolute Gasteiger partial charge is 0.234 e. The van der Waals surface area contributed by atoms with E-state index in [4.69, 9.17) is 0 Å². The predicted octanol–water partition coefficient (Wildman–Crippen LogP) is 6.36. The Morgan fingerprint density at radius 1 is 0.763 bits per heavy atom. The largest absolute Gasteiger partial charge is 0.352 e. The first-order chi connectivity index (χ1) is 18.5. The van der Waals surface area contributed by atoms with E-state index in [2.05, 4.69) is 89.9 Å². The molecule has 1 atom stereocenters. The van der Waals surface area contributed by atoms with Gasteiger partial charge in [0.1, 0.15) is 5.82 Å². The van der Waals surface area contributed by atoms with Crippen molar-refractivity contribution in [2.75, 3.05) is 13.1 Å². The summed E-state index contributed by atoms with van der Waals surface area (Å²) in [5.41, 5.74) is 8.74. The van der Waals surface area contributed by atoms with Crippen molar-refractivity contribution in [3.05, 3.63) is 142 Å². The van der Waals surface area contributed by atoms with Crippen molar-refractivity contribution in [1.29, 1.82) is 0 Å². The lowest BCUT2D eigenvalue weighted by molar-refractivity contribution is -0.123. The summed E-state index contributed by atoms with van der Waals surface area (Å²) in [6.07, 6.45) is 2.86. The highest BCUT2D eigenvalue weighted by Crippen LogP contribution is 2.36. The Balaban J connectivity index is 0.000000316. The number of halogens is 1. The normalized spacial score (nSPS) is 16.7. The Kier molecular flexibility index (Phi) is 8.00. The van der Waals surface area contributed by atoms with Gasteiger partial charge >= 0.3 is 0 Å². The van der Waals surface area contributed by atoms with Crippen molar-refractivity contribution in [1.82, 2.24) is 10.2 Å². The van der Waals surface area contributed by atoms with E-state index < -0.39 is 0 Å². The molecule has 1 heterocycles. The highest BCUT2D eigenvalue weighted by molar-refractivity contribution is 5.78. The topological polar surface area (TPSA) is 32.3 Å². The Labute approximate surface area is 225 Å². The molecule has 1 N–H and O–H groups in total. The van der Waals surface area contributed by atoms with Gasteiger partial charge in [-0.2, -0.15) is 0 Å². The number of hydrogen-bond acceptors (Lipinski definition) is 2. The van der Waals surface area contributed by atoms with Crippen molar-refractivity contribution in [2.45, 2.75) is 45.2 Å². The van der Waals surface area contributed by atoms with Gasteiger partial charge in [-0.3, -0.25) is 9.69 Å². The molecule has 0 saturated heterocycles. The van der Waals surface area contributed by atoms with E-state index >= 15 is 0 Å². The first kappa shape index (κ1) is 25.9. The first-order valence-electron chi connectivity index (χ1n) is 13.4. The molecule has 4 heteroatoms. The molecule has 38 heavy (non-hydrogen) atoms. The fourth-order valence-electron chi connectivity index (χ4n) is 5.72. The van der Waals surface area contributed by atoms with Crippen molar-refractivity contribution >= 4 is 5.91 Å². The van der Waals surface area contributed by atoms with Crippen molar-refractivity contribution in [2.24, 2.45) is 0 Å². The number of hydrogen-bond donors (Lipinski definition) is 1. The second-order valence-corrected chi connectivity index (χ2v) is 10.4. The average Bonchev–Trinajstić information content (AvgIpc) is 3.33. The van der Waals surface area contributed by atoms with Crippen molar-refractivity contribution in [3.63, 3.8) is 0 Å². The van der Waals surface area contributed by atoms with E-state index in [-0.39, 0.29) is 23.8 Å². The van der Waals surface area contributed by atoms with Crippen LogP contribution in [0.1, 0.15) is 45.0 Å². The second-order valence-electron chi connectivity index (χ2n) is 10.4. The number of fused-ring (bicyclic) bond motifs is 2. The standard InChI is InChI=1S/C27H28N2O.C7H7F/c1-19-8-2-6-12-24(19)27-25-13-7-5-9-20(25)14-15-29(27)18-26(30)28-23-16-21-10-3-4-11-22(21)17-23;1-6-4-2-3-5-7(6)8/h2-13,23,27H,14-18H2,1H3,(H,28,30);2-5H,1H3/t27-;/m1./s1. The Hall–Kier alpha value is -3.76. The molecule has 4 aromatic rings. The van der Waals surface area contributed by atoms with E-state index in [1.807, 2.05) is 6.07 Å². The van der Waals surface area contributed by atoms with E-state index in [9.17, 15) is 9.18 Å². The number of rotatable bonds is 4. The number of amides is 1. The van der Waals surface area contributed by atoms with Crippen LogP contribution >= 0.6 is 0 Å². The highest BCUT2D eigenvalue weighted by atomic mass is 19.1. The molecular formula is C34H35FN2O. The van der Waals surface area contributed by atoms with Crippen molar-refractivity contribution < 1.29 is 9.18 Å². The Bertz CT molecular complexity index is 1370. The third-order valence-electron chi connectivity index (χ3n) is 7.71. The van der Waals surface area contributed by atoms with Gasteiger partial charge in [0.25, 0.3) is 0 Å². The third-order valence-corrected chi connectivity index (χ3v) is 7.71. The zero-order valence-corrected chi connectivity index (χ0v) is 22.2. The molecule has 0 radical (unpaired) electrons. The molecule has 2 aliphatic rings. The van der Waals surface area contributed by atoms with Crippen LogP contribution in [-0.2, 0) is 24.1 Å². The molecule has 0 aromatic heterocycles. The molecule has 0 saturated carbocycles. The maximum absolute atomic E-state index is 13.0. The maximum Gasteiger partial charge on any atom is 0.234 e. The van der Waals surface area contributed by atoms with Gasteiger partial charge in [0.2, 0.25) is 5.91 Å². The van der Waals surface area contributed by atoms with Gasteiger partial charge in [0, 0.05) is 12.6 Å². The van der Waals surface area contributed by atoms with Gasteiger partial charge < -0.3 is 5.32 Å². The number of nitrogens with zero attached hydrogens (tertiary/aromatic N) is 1. The average molecular weight is 507 g/mol. The van der Waals surface area contributed by atoms with E-state index in [0.29, 0.717) is 12.1 Å². The second kappa shape index (κ2) is 11.7. The van der Waals surface area contributed by atoms with Gasteiger partial charge in [-0.05, 0) is 78.1 Å². The summed E-state index contributed by atoms with van der Waals surface area (Å²) < 4.78 is 12.3. The number of carbonyl (C=O) groups is 1. The van der Waals surface area contributed by atoms with Crippen LogP contribution in [-0.4, -0.2) is 29.9 Å². The van der Waals surface area contributed by atoms with Gasteiger partial charge in [-0.15, -0.1) is 0 Å². The summed E-state index contributed by atoms with van der Waals surface area (Å²) in [6, 6.07) is 32.8. The fraction of sp³-hybridized carbons (Fsp3) is 0.265. The van der Waals surface area contributed by atoms with E-state index in [1.165, 1.54) is 39.4 Å². The molecule has 3 nitrogen and oxygen atoms in total. The summed E-state index contributed by atoms with van der Waals surface area (Å²) in [7, 11) is 0. The number of aryl methyl sites for hydroxylation is 2. The highest BCUT2D eigenvalue weighted by Gasteiger charge is 2.31. The monoisotopic (exact) mass is 506 g/mol. The lowest BCUT2D eigenvalue weighted by Gasteiger charge is -2.38. The van der Waals surface area contributed by atoms with Crippen LogP contribution in [0.3, 0.4) is 0 Å². The molecule has 194 valence electrons. The molecule has 6 rings (SSSR count). The van der Waals surface area contributed by atoms with Crippen LogP contribution in [0.15, 0.2) is 97.1 Å². The van der Waals surface area contributed by atoms with Gasteiger partial charge in [0.15, 0.2) is 0 Å². The van der Waals surface area contributed by atoms with Gasteiger partial charge in [-0.1, -0.05) is 91.0 Å². The minimum absolute atomic E-state index is 0.127. The lowest BCUT2D eigenvalue weighted by Crippen LogP contribution is -2.46. The third kappa shape index (κ3) is 5.87. The molecule has 0 spiro atoms. The quantitative estimate of drug-likeness (QED) is 0.349. The maximum atomic E-state index is 13.0. The molecular weight excluding hydrogens is 471 g/mol.